The van der Waals surface area contributed by atoms with Crippen LogP contribution in [0.3, 0.4) is 0 Å². The van der Waals surface area contributed by atoms with Gasteiger partial charge in [0.2, 0.25) is 0 Å². The number of pyridine rings is 1. The second-order valence-electron chi connectivity index (χ2n) is 5.31. The van der Waals surface area contributed by atoms with Gasteiger partial charge in [0.1, 0.15) is 5.92 Å². The van der Waals surface area contributed by atoms with Crippen LogP contribution >= 0.6 is 0 Å². The second-order valence-corrected chi connectivity index (χ2v) is 5.31. The lowest BCUT2D eigenvalue weighted by Crippen LogP contribution is -2.25. The van der Waals surface area contributed by atoms with Gasteiger partial charge in [0, 0.05) is 18.0 Å². The summed E-state index contributed by atoms with van der Waals surface area (Å²) in [5, 5.41) is 0. The molecule has 1 atom stereocenters. The molecular weight excluding hydrogens is 278 g/mol. The Morgan fingerprint density at radius 1 is 1.18 bits per heavy atom. The SMILES string of the molecule is C=COC(=O)C(CCCCCCCC)C(=O)c1ccncc1. The minimum Gasteiger partial charge on any atom is -0.435 e. The quantitative estimate of drug-likeness (QED) is 0.201. The molecule has 0 aliphatic heterocycles. The Hall–Kier alpha value is -1.97. The molecule has 1 unspecified atom stereocenters. The fraction of sp³-hybridized carbons (Fsp3) is 0.500. The van der Waals surface area contributed by atoms with Crippen LogP contribution in [0.5, 0.6) is 0 Å². The van der Waals surface area contributed by atoms with E-state index in [1.807, 2.05) is 0 Å². The minimum atomic E-state index is -0.758. The fourth-order valence-electron chi connectivity index (χ4n) is 2.37. The second kappa shape index (κ2) is 10.7. The summed E-state index contributed by atoms with van der Waals surface area (Å²) in [4.78, 5) is 28.3. The van der Waals surface area contributed by atoms with E-state index in [2.05, 4.69) is 18.5 Å². The molecule has 0 radical (unpaired) electrons. The maximum Gasteiger partial charge on any atom is 0.321 e. The van der Waals surface area contributed by atoms with E-state index >= 15 is 0 Å². The van der Waals surface area contributed by atoms with E-state index in [4.69, 9.17) is 4.74 Å². The van der Waals surface area contributed by atoms with Crippen molar-refractivity contribution < 1.29 is 14.3 Å². The lowest BCUT2D eigenvalue weighted by molar-refractivity contribution is -0.141. The van der Waals surface area contributed by atoms with Crippen LogP contribution in [0.4, 0.5) is 0 Å². The topological polar surface area (TPSA) is 56.3 Å². The molecule has 0 fully saturated rings. The fourth-order valence-corrected chi connectivity index (χ4v) is 2.37. The molecule has 0 aromatic carbocycles. The first-order valence-electron chi connectivity index (χ1n) is 7.96. The van der Waals surface area contributed by atoms with Crippen LogP contribution in [0.2, 0.25) is 0 Å². The van der Waals surface area contributed by atoms with Gasteiger partial charge in [-0.15, -0.1) is 0 Å². The van der Waals surface area contributed by atoms with Crippen molar-refractivity contribution in [2.75, 3.05) is 0 Å². The highest BCUT2D eigenvalue weighted by Crippen LogP contribution is 2.18. The molecule has 0 aliphatic rings. The summed E-state index contributed by atoms with van der Waals surface area (Å²) in [5.74, 6) is -1.49. The van der Waals surface area contributed by atoms with Gasteiger partial charge < -0.3 is 4.74 Å². The molecule has 1 aromatic heterocycles. The smallest absolute Gasteiger partial charge is 0.321 e. The Morgan fingerprint density at radius 3 is 2.45 bits per heavy atom. The van der Waals surface area contributed by atoms with Crippen LogP contribution in [0, 0.1) is 5.92 Å². The molecule has 0 bridgehead atoms. The number of hydrogen-bond donors (Lipinski definition) is 0. The molecule has 1 aromatic rings. The maximum atomic E-state index is 12.5. The predicted molar refractivity (Wildman–Crippen MR) is 86.3 cm³/mol. The Labute approximate surface area is 132 Å². The number of unbranched alkanes of at least 4 members (excludes halogenated alkanes) is 5. The Kier molecular flexibility index (Phi) is 8.80. The highest BCUT2D eigenvalue weighted by atomic mass is 16.5. The summed E-state index contributed by atoms with van der Waals surface area (Å²) < 4.78 is 4.83. The summed E-state index contributed by atoms with van der Waals surface area (Å²) >= 11 is 0. The number of carbonyl (C=O) groups is 2. The van der Waals surface area contributed by atoms with Crippen molar-refractivity contribution in [2.45, 2.75) is 51.9 Å². The van der Waals surface area contributed by atoms with Crippen LogP contribution in [0.1, 0.15) is 62.2 Å². The minimum absolute atomic E-state index is 0.206. The molecule has 4 nitrogen and oxygen atoms in total. The first kappa shape index (κ1) is 18.1. The van der Waals surface area contributed by atoms with Crippen molar-refractivity contribution in [3.63, 3.8) is 0 Å². The monoisotopic (exact) mass is 303 g/mol. The molecule has 0 saturated heterocycles. The summed E-state index contributed by atoms with van der Waals surface area (Å²) in [7, 11) is 0. The number of rotatable bonds is 11. The molecule has 4 heteroatoms. The number of ether oxygens (including phenoxy) is 1. The zero-order valence-electron chi connectivity index (χ0n) is 13.3. The molecule has 0 N–H and O–H groups in total. The third-order valence-electron chi connectivity index (χ3n) is 3.61. The van der Waals surface area contributed by atoms with Crippen LogP contribution < -0.4 is 0 Å². The van der Waals surface area contributed by atoms with E-state index in [1.54, 1.807) is 24.5 Å². The van der Waals surface area contributed by atoms with Crippen LogP contribution in [0.15, 0.2) is 37.4 Å². The van der Waals surface area contributed by atoms with E-state index in [0.717, 1.165) is 25.5 Å². The van der Waals surface area contributed by atoms with E-state index in [1.165, 1.54) is 19.3 Å². The largest absolute Gasteiger partial charge is 0.435 e. The van der Waals surface area contributed by atoms with Gasteiger partial charge in [-0.1, -0.05) is 52.0 Å². The van der Waals surface area contributed by atoms with Gasteiger partial charge in [0.05, 0.1) is 6.26 Å². The predicted octanol–water partition coefficient (Wildman–Crippen LogP) is 4.32. The lowest BCUT2D eigenvalue weighted by atomic mass is 9.92. The normalized spacial score (nSPS) is 11.7. The number of carbonyl (C=O) groups excluding carboxylic acids is 2. The van der Waals surface area contributed by atoms with E-state index < -0.39 is 11.9 Å². The van der Waals surface area contributed by atoms with Gasteiger partial charge >= 0.3 is 5.97 Å². The highest BCUT2D eigenvalue weighted by molar-refractivity contribution is 6.08. The highest BCUT2D eigenvalue weighted by Gasteiger charge is 2.28. The lowest BCUT2D eigenvalue weighted by Gasteiger charge is -2.13. The summed E-state index contributed by atoms with van der Waals surface area (Å²) in [6.07, 6.45) is 11.3. The molecule has 22 heavy (non-hydrogen) atoms. The number of ketones is 1. The van der Waals surface area contributed by atoms with Crippen molar-refractivity contribution in [2.24, 2.45) is 5.92 Å². The van der Waals surface area contributed by atoms with E-state index in [9.17, 15) is 9.59 Å². The molecular formula is C18H25NO3. The summed E-state index contributed by atoms with van der Waals surface area (Å²) in [5.41, 5.74) is 0.493. The van der Waals surface area contributed by atoms with Gasteiger partial charge in [-0.3, -0.25) is 14.6 Å². The molecule has 0 amide bonds. The number of aromatic nitrogens is 1. The first-order valence-corrected chi connectivity index (χ1v) is 7.96. The van der Waals surface area contributed by atoms with Gasteiger partial charge in [-0.2, -0.15) is 0 Å². The Morgan fingerprint density at radius 2 is 1.82 bits per heavy atom. The molecule has 0 saturated carbocycles. The first-order chi connectivity index (χ1) is 10.7. The van der Waals surface area contributed by atoms with Gasteiger partial charge in [-0.05, 0) is 18.6 Å². The summed E-state index contributed by atoms with van der Waals surface area (Å²) in [6.45, 7) is 5.56. The molecule has 1 rings (SSSR count). The number of nitrogens with zero attached hydrogens (tertiary/aromatic N) is 1. The van der Waals surface area contributed by atoms with Crippen molar-refractivity contribution in [1.82, 2.24) is 4.98 Å². The third-order valence-corrected chi connectivity index (χ3v) is 3.61. The van der Waals surface area contributed by atoms with Crippen LogP contribution in [-0.4, -0.2) is 16.7 Å². The van der Waals surface area contributed by atoms with Crippen molar-refractivity contribution >= 4 is 11.8 Å². The molecule has 1 heterocycles. The van der Waals surface area contributed by atoms with Crippen molar-refractivity contribution in [1.29, 1.82) is 0 Å². The van der Waals surface area contributed by atoms with E-state index in [-0.39, 0.29) is 5.78 Å². The zero-order valence-corrected chi connectivity index (χ0v) is 13.3. The Balaban J connectivity index is 2.58. The van der Waals surface area contributed by atoms with Gasteiger partial charge in [0.15, 0.2) is 5.78 Å². The van der Waals surface area contributed by atoms with E-state index in [0.29, 0.717) is 12.0 Å². The van der Waals surface area contributed by atoms with Crippen LogP contribution in [-0.2, 0) is 9.53 Å². The summed E-state index contributed by atoms with van der Waals surface area (Å²) in [6, 6.07) is 3.25. The number of hydrogen-bond acceptors (Lipinski definition) is 4. The van der Waals surface area contributed by atoms with Gasteiger partial charge in [0.25, 0.3) is 0 Å². The van der Waals surface area contributed by atoms with Crippen molar-refractivity contribution in [3.8, 4) is 0 Å². The van der Waals surface area contributed by atoms with Gasteiger partial charge in [-0.25, -0.2) is 0 Å². The van der Waals surface area contributed by atoms with Crippen molar-refractivity contribution in [3.05, 3.63) is 42.9 Å². The standard InChI is InChI=1S/C18H25NO3/c1-3-5-6-7-8-9-10-16(18(21)22-4-2)17(20)15-11-13-19-14-12-15/h4,11-14,16H,2-3,5-10H2,1H3. The average Bonchev–Trinajstić information content (AvgIpc) is 2.54. The number of esters is 1. The molecule has 120 valence electrons. The Bertz CT molecular complexity index is 470. The molecule has 0 spiro atoms. The van der Waals surface area contributed by atoms with Crippen LogP contribution in [0.25, 0.3) is 0 Å². The average molecular weight is 303 g/mol. The number of Topliss-reactive ketones (excluding diaryl/α,β-unsaturated/α-hetero) is 1. The molecule has 0 aliphatic carbocycles. The zero-order chi connectivity index (χ0) is 16.2. The third kappa shape index (κ3) is 6.20. The maximum absolute atomic E-state index is 12.5.